The first-order valence-electron chi connectivity index (χ1n) is 11.4. The van der Waals surface area contributed by atoms with Crippen LogP contribution in [-0.2, 0) is 9.47 Å². The number of nitrogen functional groups attached to an aromatic ring is 2. The Morgan fingerprint density at radius 1 is 1.00 bits per heavy atom. The van der Waals surface area contributed by atoms with E-state index in [4.69, 9.17) is 20.9 Å². The molecule has 0 amide bonds. The fourth-order valence-electron chi connectivity index (χ4n) is 3.72. The number of ether oxygens (including phenoxy) is 2. The lowest BCUT2D eigenvalue weighted by atomic mass is 9.91. The summed E-state index contributed by atoms with van der Waals surface area (Å²) < 4.78 is 12.7. The summed E-state index contributed by atoms with van der Waals surface area (Å²) in [5.41, 5.74) is 13.4. The largest absolute Gasteiger partial charge is 0.486 e. The van der Waals surface area contributed by atoms with Gasteiger partial charge in [0.1, 0.15) is 28.3 Å². The molecule has 0 aliphatic rings. The third-order valence-corrected chi connectivity index (χ3v) is 5.59. The molecule has 2 aromatic rings. The molecule has 0 fully saturated rings. The summed E-state index contributed by atoms with van der Waals surface area (Å²) in [5.74, 6) is 1.47. The van der Waals surface area contributed by atoms with Crippen molar-refractivity contribution in [2.45, 2.75) is 59.2 Å². The first-order valence-corrected chi connectivity index (χ1v) is 11.4. The summed E-state index contributed by atoms with van der Waals surface area (Å²) in [6.45, 7) is 20.3. The molecule has 0 radical (unpaired) electrons. The highest BCUT2D eigenvalue weighted by atomic mass is 16.5. The van der Waals surface area contributed by atoms with Gasteiger partial charge in [-0.25, -0.2) is 9.97 Å². The maximum Gasteiger partial charge on any atom is 0.145 e. The summed E-state index contributed by atoms with van der Waals surface area (Å²) in [6, 6.07) is 7.38. The van der Waals surface area contributed by atoms with Gasteiger partial charge in [0.15, 0.2) is 0 Å². The molecule has 0 saturated heterocycles. The number of nitrogens with zero attached hydrogens (tertiary/aromatic N) is 2. The van der Waals surface area contributed by atoms with Gasteiger partial charge in [0, 0.05) is 17.6 Å². The quantitative estimate of drug-likeness (QED) is 0.541. The van der Waals surface area contributed by atoms with Crippen LogP contribution in [0.1, 0.15) is 59.2 Å². The number of aromatic nitrogens is 2. The molecule has 0 bridgehead atoms. The van der Waals surface area contributed by atoms with Crippen LogP contribution in [-0.4, -0.2) is 27.8 Å². The Kier molecular flexibility index (Phi) is 8.82. The molecule has 34 heavy (non-hydrogen) atoms. The van der Waals surface area contributed by atoms with Crippen LogP contribution in [0.4, 0.5) is 11.6 Å². The fourth-order valence-corrected chi connectivity index (χ4v) is 3.72. The van der Waals surface area contributed by atoms with E-state index in [1.165, 1.54) is 0 Å². The molecular formula is C28H38N4O2. The van der Waals surface area contributed by atoms with Crippen LogP contribution in [0.25, 0.3) is 23.5 Å². The van der Waals surface area contributed by atoms with Gasteiger partial charge in [0.25, 0.3) is 0 Å². The van der Waals surface area contributed by atoms with Crippen LogP contribution in [0.15, 0.2) is 49.6 Å². The van der Waals surface area contributed by atoms with Crippen LogP contribution < -0.4 is 22.0 Å². The van der Waals surface area contributed by atoms with Gasteiger partial charge >= 0.3 is 0 Å². The highest BCUT2D eigenvalue weighted by Crippen LogP contribution is 2.33. The molecule has 0 atom stereocenters. The zero-order chi connectivity index (χ0) is 25.5. The lowest BCUT2D eigenvalue weighted by Crippen LogP contribution is -2.36. The van der Waals surface area contributed by atoms with Gasteiger partial charge in [0.05, 0.1) is 17.9 Å². The Hall–Kier alpha value is -3.38. The second-order valence-electron chi connectivity index (χ2n) is 9.08. The predicted molar refractivity (Wildman–Crippen MR) is 144 cm³/mol. The second-order valence-corrected chi connectivity index (χ2v) is 9.08. The average Bonchev–Trinajstić information content (AvgIpc) is 2.77. The molecule has 2 heterocycles. The lowest BCUT2D eigenvalue weighted by molar-refractivity contribution is -0.0164. The smallest absolute Gasteiger partial charge is 0.145 e. The maximum absolute atomic E-state index is 6.36. The van der Waals surface area contributed by atoms with Gasteiger partial charge < -0.3 is 20.9 Å². The third-order valence-electron chi connectivity index (χ3n) is 5.59. The molecule has 0 unspecified atom stereocenters. The van der Waals surface area contributed by atoms with E-state index >= 15 is 0 Å². The van der Waals surface area contributed by atoms with E-state index in [1.54, 1.807) is 24.3 Å². The Morgan fingerprint density at radius 3 is 2.24 bits per heavy atom. The van der Waals surface area contributed by atoms with Crippen molar-refractivity contribution >= 4 is 35.1 Å². The molecule has 0 saturated carbocycles. The predicted octanol–water partition coefficient (Wildman–Crippen LogP) is 4.46. The molecule has 6 heteroatoms. The van der Waals surface area contributed by atoms with E-state index in [-0.39, 0.29) is 0 Å². The van der Waals surface area contributed by atoms with E-state index in [0.29, 0.717) is 35.8 Å². The van der Waals surface area contributed by atoms with E-state index in [0.717, 1.165) is 22.0 Å². The monoisotopic (exact) mass is 462 g/mol. The molecule has 2 aromatic heterocycles. The Balaban J connectivity index is 2.22. The standard InChI is InChI=1S/C28H38N4O2/c1-9-19-13-15-23(29)31-25(19)21(11-3)28(7,8)33-18-17-27(5,6)34-22(12-4)26-20(10-2)14-16-24(30)32-26/h9-16H,1,4,17-18H2,2-3,5-8H3,(H2,29,31)(H2,30,32)/b20-10-,21-11+,26-22-. The molecule has 0 aliphatic carbocycles. The first-order chi connectivity index (χ1) is 16.0. The van der Waals surface area contributed by atoms with Gasteiger partial charge in [-0.3, -0.25) is 0 Å². The molecule has 182 valence electrons. The van der Waals surface area contributed by atoms with E-state index in [1.807, 2.05) is 65.8 Å². The first kappa shape index (κ1) is 26.9. The van der Waals surface area contributed by atoms with Crippen molar-refractivity contribution in [3.63, 3.8) is 0 Å². The molecule has 0 aromatic carbocycles. The SMILES string of the molecule is C=C/C(OC(C)(C)CCOC(C)(C)/C(=C/C)c1nc(N)ccc1C=C)=c1/nc(N)cc/c1=C/C. The Morgan fingerprint density at radius 2 is 1.65 bits per heavy atom. The number of allylic oxidation sites excluding steroid dienone is 1. The minimum absolute atomic E-state index is 0.430. The van der Waals surface area contributed by atoms with Crippen molar-refractivity contribution in [3.05, 3.63) is 71.4 Å². The van der Waals surface area contributed by atoms with Crippen LogP contribution in [0, 0.1) is 0 Å². The molecule has 2 rings (SSSR count). The third kappa shape index (κ3) is 6.58. The number of anilines is 2. The van der Waals surface area contributed by atoms with Gasteiger partial charge in [0.2, 0.25) is 0 Å². The lowest BCUT2D eigenvalue weighted by Gasteiger charge is -2.32. The molecular weight excluding hydrogens is 424 g/mol. The maximum atomic E-state index is 6.36. The normalized spacial score (nSPS) is 14.1. The van der Waals surface area contributed by atoms with Crippen molar-refractivity contribution in [1.82, 2.24) is 9.97 Å². The van der Waals surface area contributed by atoms with Crippen molar-refractivity contribution < 1.29 is 9.47 Å². The fraction of sp³-hybridized carbons (Fsp3) is 0.357. The van der Waals surface area contributed by atoms with Gasteiger partial charge in [-0.2, -0.15) is 0 Å². The van der Waals surface area contributed by atoms with Crippen molar-refractivity contribution in [3.8, 4) is 0 Å². The summed E-state index contributed by atoms with van der Waals surface area (Å²) in [4.78, 5) is 9.00. The summed E-state index contributed by atoms with van der Waals surface area (Å²) in [6.07, 6.45) is 8.05. The van der Waals surface area contributed by atoms with E-state index < -0.39 is 11.2 Å². The average molecular weight is 463 g/mol. The minimum atomic E-state index is -0.603. The zero-order valence-corrected chi connectivity index (χ0v) is 21.3. The van der Waals surface area contributed by atoms with Crippen molar-refractivity contribution in [2.24, 2.45) is 0 Å². The summed E-state index contributed by atoms with van der Waals surface area (Å²) in [7, 11) is 0. The van der Waals surface area contributed by atoms with Crippen LogP contribution >= 0.6 is 0 Å². The number of hydrogen-bond acceptors (Lipinski definition) is 6. The van der Waals surface area contributed by atoms with Gasteiger partial charge in [-0.05, 0) is 77.1 Å². The van der Waals surface area contributed by atoms with Gasteiger partial charge in [-0.15, -0.1) is 0 Å². The topological polar surface area (TPSA) is 96.3 Å². The highest BCUT2D eigenvalue weighted by molar-refractivity contribution is 5.76. The van der Waals surface area contributed by atoms with Crippen LogP contribution in [0.2, 0.25) is 0 Å². The minimum Gasteiger partial charge on any atom is -0.486 e. The Bertz CT molecular complexity index is 1190. The van der Waals surface area contributed by atoms with E-state index in [9.17, 15) is 0 Å². The highest BCUT2D eigenvalue weighted by Gasteiger charge is 2.29. The van der Waals surface area contributed by atoms with Crippen molar-refractivity contribution in [2.75, 3.05) is 18.1 Å². The number of rotatable bonds is 10. The zero-order valence-electron chi connectivity index (χ0n) is 21.3. The van der Waals surface area contributed by atoms with Crippen LogP contribution in [0.5, 0.6) is 0 Å². The Labute approximate surface area is 203 Å². The molecule has 0 aliphatic heterocycles. The number of pyridine rings is 2. The number of hydrogen-bond donors (Lipinski definition) is 2. The van der Waals surface area contributed by atoms with Gasteiger partial charge in [-0.1, -0.05) is 31.4 Å². The van der Waals surface area contributed by atoms with Crippen molar-refractivity contribution in [1.29, 1.82) is 0 Å². The molecule has 4 N–H and O–H groups in total. The van der Waals surface area contributed by atoms with E-state index in [2.05, 4.69) is 23.1 Å². The summed E-state index contributed by atoms with van der Waals surface area (Å²) >= 11 is 0. The summed E-state index contributed by atoms with van der Waals surface area (Å²) in [5, 5.41) is 1.61. The van der Waals surface area contributed by atoms with Crippen LogP contribution in [0.3, 0.4) is 0 Å². The molecule has 0 spiro atoms. The molecule has 6 nitrogen and oxygen atoms in total. The number of nitrogens with two attached hydrogens (primary N) is 2. The second kappa shape index (κ2) is 11.2.